The lowest BCUT2D eigenvalue weighted by molar-refractivity contribution is -0.136. The van der Waals surface area contributed by atoms with Crippen molar-refractivity contribution in [1.29, 1.82) is 0 Å². The molecule has 6 nitrogen and oxygen atoms in total. The van der Waals surface area contributed by atoms with Crippen LogP contribution in [-0.2, 0) is 16.1 Å². The van der Waals surface area contributed by atoms with Crippen LogP contribution in [0.5, 0.6) is 0 Å². The number of piperazine rings is 1. The second-order valence-electron chi connectivity index (χ2n) is 7.02. The van der Waals surface area contributed by atoms with Crippen molar-refractivity contribution >= 4 is 11.8 Å². The molecule has 0 radical (unpaired) electrons. The molecule has 0 bridgehead atoms. The summed E-state index contributed by atoms with van der Waals surface area (Å²) in [4.78, 5) is 30.7. The third-order valence-electron chi connectivity index (χ3n) is 4.89. The summed E-state index contributed by atoms with van der Waals surface area (Å²) in [6.07, 6.45) is 0.954. The Labute approximate surface area is 157 Å². The van der Waals surface area contributed by atoms with Gasteiger partial charge in [0, 0.05) is 46.3 Å². The van der Waals surface area contributed by atoms with Crippen LogP contribution in [0.3, 0.4) is 0 Å². The van der Waals surface area contributed by atoms with Crippen LogP contribution in [0, 0.1) is 0 Å². The molecular weight excluding hydrogens is 328 g/mol. The minimum atomic E-state index is -0.139. The summed E-state index contributed by atoms with van der Waals surface area (Å²) in [6.45, 7) is 9.10. The van der Waals surface area contributed by atoms with E-state index in [1.165, 1.54) is 0 Å². The first-order chi connectivity index (χ1) is 12.5. The molecule has 1 atom stereocenters. The van der Waals surface area contributed by atoms with Gasteiger partial charge in [-0.2, -0.15) is 0 Å². The molecule has 1 unspecified atom stereocenters. The maximum absolute atomic E-state index is 12.7. The third kappa shape index (κ3) is 6.11. The molecule has 1 fully saturated rings. The second-order valence-corrected chi connectivity index (χ2v) is 7.02. The second kappa shape index (κ2) is 10.3. The number of rotatable bonds is 8. The summed E-state index contributed by atoms with van der Waals surface area (Å²) in [6, 6.07) is 9.91. The first kappa shape index (κ1) is 20.4. The molecule has 1 aromatic rings. The Hall–Kier alpha value is -1.92. The normalized spacial score (nSPS) is 16.9. The monoisotopic (exact) mass is 360 g/mol. The highest BCUT2D eigenvalue weighted by Gasteiger charge is 2.28. The molecule has 1 N–H and O–H groups in total. The molecule has 0 spiro atoms. The lowest BCUT2D eigenvalue weighted by Gasteiger charge is -2.38. The molecule has 0 aromatic heterocycles. The molecule has 144 valence electrons. The zero-order valence-electron chi connectivity index (χ0n) is 16.3. The summed E-state index contributed by atoms with van der Waals surface area (Å²) in [5.74, 6) is 0.231. The van der Waals surface area contributed by atoms with Crippen molar-refractivity contribution in [3.63, 3.8) is 0 Å². The Morgan fingerprint density at radius 3 is 2.42 bits per heavy atom. The van der Waals surface area contributed by atoms with Crippen molar-refractivity contribution in [2.75, 3.05) is 46.3 Å². The molecule has 1 aromatic carbocycles. The minimum Gasteiger partial charge on any atom is -0.355 e. The Morgan fingerprint density at radius 1 is 1.15 bits per heavy atom. The quantitative estimate of drug-likeness (QED) is 0.756. The van der Waals surface area contributed by atoms with Gasteiger partial charge >= 0.3 is 0 Å². The van der Waals surface area contributed by atoms with Gasteiger partial charge in [-0.1, -0.05) is 37.3 Å². The van der Waals surface area contributed by atoms with Gasteiger partial charge in [0.15, 0.2) is 0 Å². The van der Waals surface area contributed by atoms with E-state index in [0.29, 0.717) is 13.1 Å². The van der Waals surface area contributed by atoms with E-state index >= 15 is 0 Å². The van der Waals surface area contributed by atoms with E-state index in [2.05, 4.69) is 15.1 Å². The standard InChI is InChI=1S/C20H32N4O2/c1-4-10-21-19(25)16-23-11-13-24(14-12-23)17(2)20(26)22(3)15-18-8-6-5-7-9-18/h5-9,17H,4,10-16H2,1-3H3,(H,21,25). The van der Waals surface area contributed by atoms with Crippen molar-refractivity contribution in [2.45, 2.75) is 32.9 Å². The molecule has 1 aliphatic heterocycles. The van der Waals surface area contributed by atoms with Crippen molar-refractivity contribution in [3.8, 4) is 0 Å². The van der Waals surface area contributed by atoms with Crippen molar-refractivity contribution in [1.82, 2.24) is 20.0 Å². The van der Waals surface area contributed by atoms with Crippen molar-refractivity contribution in [3.05, 3.63) is 35.9 Å². The number of carbonyl (C=O) groups excluding carboxylic acids is 2. The van der Waals surface area contributed by atoms with Gasteiger partial charge in [0.1, 0.15) is 0 Å². The summed E-state index contributed by atoms with van der Waals surface area (Å²) < 4.78 is 0. The van der Waals surface area contributed by atoms with Crippen LogP contribution in [-0.4, -0.2) is 78.9 Å². The van der Waals surface area contributed by atoms with E-state index in [1.807, 2.05) is 51.2 Å². The summed E-state index contributed by atoms with van der Waals surface area (Å²) in [5, 5.41) is 2.91. The maximum Gasteiger partial charge on any atom is 0.239 e. The highest BCUT2D eigenvalue weighted by Crippen LogP contribution is 2.10. The van der Waals surface area contributed by atoms with Gasteiger partial charge in [-0.15, -0.1) is 0 Å². The minimum absolute atomic E-state index is 0.0898. The van der Waals surface area contributed by atoms with Crippen LogP contribution in [0.15, 0.2) is 30.3 Å². The predicted octanol–water partition coefficient (Wildman–Crippen LogP) is 1.18. The van der Waals surface area contributed by atoms with Crippen molar-refractivity contribution < 1.29 is 9.59 Å². The number of hydrogen-bond acceptors (Lipinski definition) is 4. The van der Waals surface area contributed by atoms with Crippen LogP contribution in [0.25, 0.3) is 0 Å². The Morgan fingerprint density at radius 2 is 1.81 bits per heavy atom. The maximum atomic E-state index is 12.7. The van der Waals surface area contributed by atoms with Crippen LogP contribution >= 0.6 is 0 Å². The van der Waals surface area contributed by atoms with Crippen LogP contribution in [0.2, 0.25) is 0 Å². The summed E-state index contributed by atoms with van der Waals surface area (Å²) in [5.41, 5.74) is 1.14. The SMILES string of the molecule is CCCNC(=O)CN1CCN(C(C)C(=O)N(C)Cc2ccccc2)CC1. The molecule has 2 amide bonds. The predicted molar refractivity (Wildman–Crippen MR) is 104 cm³/mol. The van der Waals surface area contributed by atoms with Gasteiger partial charge in [-0.3, -0.25) is 19.4 Å². The first-order valence-corrected chi connectivity index (χ1v) is 9.53. The number of benzene rings is 1. The van der Waals surface area contributed by atoms with Crippen LogP contribution in [0.1, 0.15) is 25.8 Å². The average Bonchev–Trinajstić information content (AvgIpc) is 2.66. The molecular formula is C20H32N4O2. The largest absolute Gasteiger partial charge is 0.355 e. The fourth-order valence-electron chi connectivity index (χ4n) is 3.24. The smallest absolute Gasteiger partial charge is 0.239 e. The molecule has 6 heteroatoms. The third-order valence-corrected chi connectivity index (χ3v) is 4.89. The first-order valence-electron chi connectivity index (χ1n) is 9.53. The molecule has 0 aliphatic carbocycles. The summed E-state index contributed by atoms with van der Waals surface area (Å²) in [7, 11) is 1.86. The van der Waals surface area contributed by atoms with E-state index in [9.17, 15) is 9.59 Å². The average molecular weight is 361 g/mol. The van der Waals surface area contributed by atoms with Crippen LogP contribution < -0.4 is 5.32 Å². The van der Waals surface area contributed by atoms with Gasteiger partial charge < -0.3 is 10.2 Å². The highest BCUT2D eigenvalue weighted by atomic mass is 16.2. The molecule has 1 saturated heterocycles. The summed E-state index contributed by atoms with van der Waals surface area (Å²) >= 11 is 0. The van der Waals surface area contributed by atoms with E-state index in [-0.39, 0.29) is 17.9 Å². The fraction of sp³-hybridized carbons (Fsp3) is 0.600. The number of hydrogen-bond donors (Lipinski definition) is 1. The number of nitrogens with one attached hydrogen (secondary N) is 1. The zero-order valence-corrected chi connectivity index (χ0v) is 16.3. The van der Waals surface area contributed by atoms with Gasteiger partial charge in [0.25, 0.3) is 0 Å². The number of nitrogens with zero attached hydrogens (tertiary/aromatic N) is 3. The molecule has 1 heterocycles. The number of likely N-dealkylation sites (N-methyl/N-ethyl adjacent to an activating group) is 1. The number of carbonyl (C=O) groups is 2. The van der Waals surface area contributed by atoms with E-state index in [1.54, 1.807) is 4.90 Å². The fourth-order valence-corrected chi connectivity index (χ4v) is 3.24. The van der Waals surface area contributed by atoms with Crippen molar-refractivity contribution in [2.24, 2.45) is 0 Å². The van der Waals surface area contributed by atoms with Crippen LogP contribution in [0.4, 0.5) is 0 Å². The van der Waals surface area contributed by atoms with E-state index in [4.69, 9.17) is 0 Å². The Balaban J connectivity index is 1.77. The van der Waals surface area contributed by atoms with Gasteiger partial charge in [-0.05, 0) is 18.9 Å². The lowest BCUT2D eigenvalue weighted by atomic mass is 10.1. The Kier molecular flexibility index (Phi) is 8.06. The van der Waals surface area contributed by atoms with Gasteiger partial charge in [0.05, 0.1) is 12.6 Å². The van der Waals surface area contributed by atoms with E-state index in [0.717, 1.165) is 44.7 Å². The molecule has 26 heavy (non-hydrogen) atoms. The van der Waals surface area contributed by atoms with E-state index < -0.39 is 0 Å². The van der Waals surface area contributed by atoms with Gasteiger partial charge in [0.2, 0.25) is 11.8 Å². The molecule has 1 aliphatic rings. The molecule has 2 rings (SSSR count). The Bertz CT molecular complexity index is 570. The zero-order chi connectivity index (χ0) is 18.9. The number of amides is 2. The highest BCUT2D eigenvalue weighted by molar-refractivity contribution is 5.81. The lowest BCUT2D eigenvalue weighted by Crippen LogP contribution is -2.55. The van der Waals surface area contributed by atoms with Gasteiger partial charge in [-0.25, -0.2) is 0 Å². The molecule has 0 saturated carbocycles. The topological polar surface area (TPSA) is 55.9 Å².